The van der Waals surface area contributed by atoms with Crippen molar-refractivity contribution in [3.8, 4) is 0 Å². The third-order valence-corrected chi connectivity index (χ3v) is 4.87. The molecule has 1 amide bonds. The van der Waals surface area contributed by atoms with Gasteiger partial charge in [0, 0.05) is 11.5 Å². The molecule has 0 fully saturated rings. The lowest BCUT2D eigenvalue weighted by atomic mass is 10.0. The van der Waals surface area contributed by atoms with E-state index < -0.39 is 6.04 Å². The summed E-state index contributed by atoms with van der Waals surface area (Å²) in [5, 5.41) is 3.89. The number of ketones is 1. The molecule has 1 unspecified atom stereocenters. The molecule has 2 aromatic rings. The Morgan fingerprint density at radius 1 is 1.18 bits per heavy atom. The van der Waals surface area contributed by atoms with Crippen molar-refractivity contribution in [2.75, 3.05) is 0 Å². The molecule has 4 nitrogen and oxygen atoms in total. The fraction of sp³-hybridized carbons (Fsp3) is 0.471. The molecule has 0 aliphatic rings. The van der Waals surface area contributed by atoms with Gasteiger partial charge in [-0.05, 0) is 31.0 Å². The molecule has 5 heteroatoms. The molecular weight excluding hydrogens is 296 g/mol. The van der Waals surface area contributed by atoms with Crippen LogP contribution in [0.1, 0.15) is 55.9 Å². The zero-order valence-corrected chi connectivity index (χ0v) is 14.5. The molecule has 0 saturated carbocycles. The number of hydrogen-bond acceptors (Lipinski definition) is 4. The molecule has 0 bridgehead atoms. The quantitative estimate of drug-likeness (QED) is 0.913. The van der Waals surface area contributed by atoms with Crippen LogP contribution in [0.2, 0.25) is 0 Å². The molecular formula is C17H22N2O2S. The number of nitrogens with zero attached hydrogens (tertiary/aromatic N) is 1. The number of thiazole rings is 1. The van der Waals surface area contributed by atoms with Crippen LogP contribution in [0.25, 0.3) is 10.2 Å². The number of aromatic nitrogens is 1. The fourth-order valence-electron chi connectivity index (χ4n) is 2.29. The first-order valence-corrected chi connectivity index (χ1v) is 8.33. The lowest BCUT2D eigenvalue weighted by Crippen LogP contribution is -2.43. The lowest BCUT2D eigenvalue weighted by Gasteiger charge is -2.19. The maximum Gasteiger partial charge on any atom is 0.251 e. The number of Topliss-reactive ketones (excluding diaryl/α,β-unsaturated/α-hetero) is 1. The molecule has 1 heterocycles. The number of carbonyl (C=O) groups is 2. The Balaban J connectivity index is 2.26. The summed E-state index contributed by atoms with van der Waals surface area (Å²) in [6, 6.07) is 5.03. The van der Waals surface area contributed by atoms with Crippen molar-refractivity contribution in [3.63, 3.8) is 0 Å². The van der Waals surface area contributed by atoms with Gasteiger partial charge in [-0.2, -0.15) is 0 Å². The SMILES string of the molecule is CC(=O)C(NC(=O)c1ccc2nc(C(C)C)sc2c1)C(C)C. The van der Waals surface area contributed by atoms with Crippen LogP contribution < -0.4 is 5.32 Å². The van der Waals surface area contributed by atoms with Crippen molar-refractivity contribution in [2.45, 2.75) is 46.6 Å². The number of rotatable bonds is 5. The maximum atomic E-state index is 12.4. The fourth-order valence-corrected chi connectivity index (χ4v) is 3.30. The molecule has 118 valence electrons. The van der Waals surface area contributed by atoms with Gasteiger partial charge in [-0.3, -0.25) is 9.59 Å². The van der Waals surface area contributed by atoms with Gasteiger partial charge in [0.1, 0.15) is 0 Å². The molecule has 0 saturated heterocycles. The van der Waals surface area contributed by atoms with E-state index in [2.05, 4.69) is 24.1 Å². The van der Waals surface area contributed by atoms with Gasteiger partial charge in [0.2, 0.25) is 0 Å². The highest BCUT2D eigenvalue weighted by Crippen LogP contribution is 2.28. The highest BCUT2D eigenvalue weighted by Gasteiger charge is 2.21. The van der Waals surface area contributed by atoms with E-state index in [4.69, 9.17) is 0 Å². The van der Waals surface area contributed by atoms with Crippen LogP contribution in [0, 0.1) is 5.92 Å². The molecule has 0 aliphatic heterocycles. The number of amides is 1. The van der Waals surface area contributed by atoms with Crippen LogP contribution >= 0.6 is 11.3 Å². The third kappa shape index (κ3) is 3.53. The van der Waals surface area contributed by atoms with Gasteiger partial charge in [-0.25, -0.2) is 4.98 Å². The first-order valence-electron chi connectivity index (χ1n) is 7.51. The average Bonchev–Trinajstić information content (AvgIpc) is 2.86. The van der Waals surface area contributed by atoms with Crippen LogP contribution in [0.5, 0.6) is 0 Å². The third-order valence-electron chi connectivity index (χ3n) is 3.55. The topological polar surface area (TPSA) is 59.1 Å². The van der Waals surface area contributed by atoms with Crippen LogP contribution in [-0.2, 0) is 4.79 Å². The Morgan fingerprint density at radius 2 is 1.86 bits per heavy atom. The normalized spacial score (nSPS) is 12.9. The summed E-state index contributed by atoms with van der Waals surface area (Å²) in [4.78, 5) is 28.6. The minimum absolute atomic E-state index is 0.0238. The number of benzene rings is 1. The van der Waals surface area contributed by atoms with Crippen molar-refractivity contribution < 1.29 is 9.59 Å². The van der Waals surface area contributed by atoms with Crippen molar-refractivity contribution in [3.05, 3.63) is 28.8 Å². The summed E-state index contributed by atoms with van der Waals surface area (Å²) in [7, 11) is 0. The van der Waals surface area contributed by atoms with Gasteiger partial charge < -0.3 is 5.32 Å². The molecule has 1 aromatic carbocycles. The van der Waals surface area contributed by atoms with Crippen LogP contribution in [0.15, 0.2) is 18.2 Å². The van der Waals surface area contributed by atoms with Crippen LogP contribution in [0.3, 0.4) is 0 Å². The number of carbonyl (C=O) groups excluding carboxylic acids is 2. The van der Waals surface area contributed by atoms with E-state index in [0.29, 0.717) is 11.5 Å². The zero-order chi connectivity index (χ0) is 16.4. The summed E-state index contributed by atoms with van der Waals surface area (Å²) in [5.74, 6) is 0.207. The van der Waals surface area contributed by atoms with Gasteiger partial charge >= 0.3 is 0 Å². The van der Waals surface area contributed by atoms with Crippen molar-refractivity contribution in [1.82, 2.24) is 10.3 Å². The molecule has 2 rings (SSSR count). The zero-order valence-electron chi connectivity index (χ0n) is 13.6. The van der Waals surface area contributed by atoms with Gasteiger partial charge in [0.25, 0.3) is 5.91 Å². The van der Waals surface area contributed by atoms with E-state index in [1.54, 1.807) is 17.4 Å². The molecule has 1 N–H and O–H groups in total. The highest BCUT2D eigenvalue weighted by atomic mass is 32.1. The Labute approximate surface area is 134 Å². The molecule has 22 heavy (non-hydrogen) atoms. The largest absolute Gasteiger partial charge is 0.342 e. The second-order valence-corrected chi connectivity index (χ2v) is 7.26. The maximum absolute atomic E-state index is 12.4. The van der Waals surface area contributed by atoms with Crippen molar-refractivity contribution in [1.29, 1.82) is 0 Å². The van der Waals surface area contributed by atoms with Crippen LogP contribution in [-0.4, -0.2) is 22.7 Å². The highest BCUT2D eigenvalue weighted by molar-refractivity contribution is 7.18. The number of nitrogens with one attached hydrogen (secondary N) is 1. The monoisotopic (exact) mass is 318 g/mol. The van der Waals surface area contributed by atoms with Crippen LogP contribution in [0.4, 0.5) is 0 Å². The first kappa shape index (κ1) is 16.6. The second kappa shape index (κ2) is 6.57. The minimum Gasteiger partial charge on any atom is -0.342 e. The van der Waals surface area contributed by atoms with Gasteiger partial charge in [0.15, 0.2) is 5.78 Å². The molecule has 1 atom stereocenters. The van der Waals surface area contributed by atoms with E-state index in [-0.39, 0.29) is 17.6 Å². The lowest BCUT2D eigenvalue weighted by molar-refractivity contribution is -0.119. The predicted molar refractivity (Wildman–Crippen MR) is 90.5 cm³/mol. The molecule has 1 aromatic heterocycles. The first-order chi connectivity index (χ1) is 10.3. The van der Waals surface area contributed by atoms with E-state index in [1.165, 1.54) is 6.92 Å². The molecule has 0 aliphatic carbocycles. The second-order valence-electron chi connectivity index (χ2n) is 6.20. The summed E-state index contributed by atoms with van der Waals surface area (Å²) >= 11 is 1.61. The van der Waals surface area contributed by atoms with E-state index in [1.807, 2.05) is 26.0 Å². The smallest absolute Gasteiger partial charge is 0.251 e. The number of hydrogen-bond donors (Lipinski definition) is 1. The van der Waals surface area contributed by atoms with Crippen molar-refractivity contribution in [2.24, 2.45) is 5.92 Å². The summed E-state index contributed by atoms with van der Waals surface area (Å²) in [5.41, 5.74) is 1.48. The summed E-state index contributed by atoms with van der Waals surface area (Å²) in [6.45, 7) is 9.56. The van der Waals surface area contributed by atoms with Gasteiger partial charge in [-0.15, -0.1) is 11.3 Å². The Morgan fingerprint density at radius 3 is 2.41 bits per heavy atom. The predicted octanol–water partition coefficient (Wildman–Crippen LogP) is 3.76. The van der Waals surface area contributed by atoms with Crippen molar-refractivity contribution >= 4 is 33.2 Å². The van der Waals surface area contributed by atoms with E-state index in [9.17, 15) is 9.59 Å². The molecule has 0 spiro atoms. The average molecular weight is 318 g/mol. The summed E-state index contributed by atoms with van der Waals surface area (Å²) < 4.78 is 1.00. The van der Waals surface area contributed by atoms with E-state index in [0.717, 1.165) is 15.2 Å². The Kier molecular flexibility index (Phi) is 4.96. The standard InChI is InChI=1S/C17H22N2O2S/c1-9(2)15(11(5)20)19-16(21)12-6-7-13-14(8-12)22-17(18-13)10(3)4/h6-10,15H,1-5H3,(H,19,21). The van der Waals surface area contributed by atoms with Gasteiger partial charge in [0.05, 0.1) is 21.3 Å². The summed E-state index contributed by atoms with van der Waals surface area (Å²) in [6.07, 6.45) is 0. The van der Waals surface area contributed by atoms with Gasteiger partial charge in [-0.1, -0.05) is 27.7 Å². The van der Waals surface area contributed by atoms with E-state index >= 15 is 0 Å². The molecule has 0 radical (unpaired) electrons. The Bertz CT molecular complexity index is 704. The number of fused-ring (bicyclic) bond motifs is 1. The minimum atomic E-state index is -0.448. The Hall–Kier alpha value is -1.75.